The first-order valence-electron chi connectivity index (χ1n) is 7.88. The van der Waals surface area contributed by atoms with Crippen molar-refractivity contribution in [3.63, 3.8) is 0 Å². The number of hydrogen-bond acceptors (Lipinski definition) is 3. The van der Waals surface area contributed by atoms with Crippen molar-refractivity contribution in [2.75, 3.05) is 13.1 Å². The molecule has 4 heteroatoms. The molecule has 6 unspecified atom stereocenters. The summed E-state index contributed by atoms with van der Waals surface area (Å²) in [6, 6.07) is 0.297. The van der Waals surface area contributed by atoms with Crippen LogP contribution >= 0.6 is 0 Å². The minimum atomic E-state index is 0.102. The van der Waals surface area contributed by atoms with Gasteiger partial charge in [0.15, 0.2) is 0 Å². The number of piperidine rings is 1. The Morgan fingerprint density at radius 2 is 2.00 bits per heavy atom. The third-order valence-electron chi connectivity index (χ3n) is 5.78. The Bertz CT molecular complexity index is 355. The van der Waals surface area contributed by atoms with Gasteiger partial charge in [-0.2, -0.15) is 0 Å². The molecule has 1 heterocycles. The smallest absolute Gasteiger partial charge is 0.227 e. The van der Waals surface area contributed by atoms with Crippen LogP contribution in [0.2, 0.25) is 0 Å². The van der Waals surface area contributed by atoms with Gasteiger partial charge >= 0.3 is 0 Å². The first kappa shape index (κ1) is 13.4. The average molecular weight is 265 g/mol. The lowest BCUT2D eigenvalue weighted by Crippen LogP contribution is -2.51. The molecule has 19 heavy (non-hydrogen) atoms. The molecule has 0 aromatic heterocycles. The molecular formula is C15H27N3O. The highest BCUT2D eigenvalue weighted by Gasteiger charge is 2.50. The van der Waals surface area contributed by atoms with Gasteiger partial charge in [-0.05, 0) is 56.8 Å². The summed E-state index contributed by atoms with van der Waals surface area (Å²) in [5.74, 6) is 2.05. The van der Waals surface area contributed by atoms with Crippen molar-refractivity contribution >= 4 is 5.91 Å². The van der Waals surface area contributed by atoms with E-state index in [1.54, 1.807) is 0 Å². The lowest BCUT2D eigenvalue weighted by Gasteiger charge is -2.38. The fraction of sp³-hybridized carbons (Fsp3) is 0.933. The van der Waals surface area contributed by atoms with Crippen molar-refractivity contribution in [2.24, 2.45) is 35.1 Å². The van der Waals surface area contributed by atoms with E-state index in [2.05, 4.69) is 11.8 Å². The second kappa shape index (κ2) is 5.06. The number of amides is 1. The topological polar surface area (TPSA) is 72.3 Å². The van der Waals surface area contributed by atoms with E-state index in [1.807, 2.05) is 0 Å². The van der Waals surface area contributed by atoms with Crippen LogP contribution in [0, 0.1) is 23.7 Å². The van der Waals surface area contributed by atoms with Crippen LogP contribution in [0.1, 0.15) is 39.0 Å². The molecule has 0 aromatic carbocycles. The van der Waals surface area contributed by atoms with Crippen molar-refractivity contribution < 1.29 is 4.79 Å². The molecule has 2 aliphatic carbocycles. The Morgan fingerprint density at radius 1 is 1.26 bits per heavy atom. The molecule has 1 amide bonds. The number of nitrogens with zero attached hydrogens (tertiary/aromatic N) is 1. The molecule has 3 rings (SSSR count). The summed E-state index contributed by atoms with van der Waals surface area (Å²) in [5.41, 5.74) is 12.3. The third kappa shape index (κ3) is 2.29. The second-order valence-electron chi connectivity index (χ2n) is 6.98. The van der Waals surface area contributed by atoms with E-state index < -0.39 is 0 Å². The number of fused-ring (bicyclic) bond motifs is 2. The van der Waals surface area contributed by atoms with Crippen LogP contribution in [0.5, 0.6) is 0 Å². The Kier molecular flexibility index (Phi) is 3.56. The van der Waals surface area contributed by atoms with E-state index in [4.69, 9.17) is 11.5 Å². The summed E-state index contributed by atoms with van der Waals surface area (Å²) in [5, 5.41) is 0. The van der Waals surface area contributed by atoms with Crippen LogP contribution in [0.4, 0.5) is 0 Å². The molecule has 3 aliphatic rings. The molecule has 4 nitrogen and oxygen atoms in total. The Balaban J connectivity index is 1.67. The molecule has 4 N–H and O–H groups in total. The van der Waals surface area contributed by atoms with Crippen molar-refractivity contribution in [1.82, 2.24) is 4.90 Å². The number of likely N-dealkylation sites (tertiary alicyclic amines) is 1. The average Bonchev–Trinajstić information content (AvgIpc) is 2.99. The van der Waals surface area contributed by atoms with Crippen LogP contribution in [0.25, 0.3) is 0 Å². The quantitative estimate of drug-likeness (QED) is 0.780. The van der Waals surface area contributed by atoms with E-state index in [-0.39, 0.29) is 18.0 Å². The van der Waals surface area contributed by atoms with Gasteiger partial charge in [-0.3, -0.25) is 4.79 Å². The normalized spacial score (nSPS) is 43.5. The number of nitrogens with two attached hydrogens (primary N) is 2. The van der Waals surface area contributed by atoms with Gasteiger partial charge in [-0.15, -0.1) is 0 Å². The van der Waals surface area contributed by atoms with E-state index in [9.17, 15) is 4.79 Å². The molecule has 1 aliphatic heterocycles. The maximum atomic E-state index is 12.8. The zero-order valence-electron chi connectivity index (χ0n) is 11.9. The molecule has 2 bridgehead atoms. The van der Waals surface area contributed by atoms with Crippen LogP contribution in [-0.4, -0.2) is 36.0 Å². The lowest BCUT2D eigenvalue weighted by molar-refractivity contribution is -0.139. The van der Waals surface area contributed by atoms with E-state index in [1.165, 1.54) is 19.3 Å². The number of hydrogen-bond donors (Lipinski definition) is 2. The molecule has 3 fully saturated rings. The number of carbonyl (C=O) groups is 1. The summed E-state index contributed by atoms with van der Waals surface area (Å²) in [4.78, 5) is 14.8. The summed E-state index contributed by atoms with van der Waals surface area (Å²) >= 11 is 0. The first-order chi connectivity index (χ1) is 9.08. The minimum Gasteiger partial charge on any atom is -0.342 e. The van der Waals surface area contributed by atoms with Crippen LogP contribution in [-0.2, 0) is 4.79 Å². The van der Waals surface area contributed by atoms with Gasteiger partial charge in [-0.1, -0.05) is 0 Å². The van der Waals surface area contributed by atoms with Gasteiger partial charge in [0.05, 0.1) is 5.92 Å². The van der Waals surface area contributed by atoms with Gasteiger partial charge in [-0.25, -0.2) is 0 Å². The van der Waals surface area contributed by atoms with Gasteiger partial charge in [0.25, 0.3) is 0 Å². The maximum absolute atomic E-state index is 12.8. The Labute approximate surface area is 115 Å². The van der Waals surface area contributed by atoms with Crippen molar-refractivity contribution in [3.8, 4) is 0 Å². The number of carbonyl (C=O) groups excluding carboxylic acids is 1. The van der Waals surface area contributed by atoms with Crippen molar-refractivity contribution in [2.45, 2.75) is 51.1 Å². The molecule has 0 spiro atoms. The highest BCUT2D eigenvalue weighted by atomic mass is 16.2. The lowest BCUT2D eigenvalue weighted by atomic mass is 9.83. The highest BCUT2D eigenvalue weighted by Crippen LogP contribution is 2.48. The monoisotopic (exact) mass is 265 g/mol. The fourth-order valence-electron chi connectivity index (χ4n) is 4.55. The summed E-state index contributed by atoms with van der Waals surface area (Å²) < 4.78 is 0. The van der Waals surface area contributed by atoms with Crippen LogP contribution < -0.4 is 11.5 Å². The first-order valence-corrected chi connectivity index (χ1v) is 7.88. The molecule has 0 radical (unpaired) electrons. The van der Waals surface area contributed by atoms with Gasteiger partial charge < -0.3 is 16.4 Å². The predicted molar refractivity (Wildman–Crippen MR) is 75.2 cm³/mol. The molecule has 0 aromatic rings. The van der Waals surface area contributed by atoms with E-state index >= 15 is 0 Å². The Morgan fingerprint density at radius 3 is 2.63 bits per heavy atom. The third-order valence-corrected chi connectivity index (χ3v) is 5.78. The van der Waals surface area contributed by atoms with Crippen LogP contribution in [0.3, 0.4) is 0 Å². The van der Waals surface area contributed by atoms with Crippen LogP contribution in [0.15, 0.2) is 0 Å². The fourth-order valence-corrected chi connectivity index (χ4v) is 4.55. The summed E-state index contributed by atoms with van der Waals surface area (Å²) in [7, 11) is 0. The van der Waals surface area contributed by atoms with Crippen molar-refractivity contribution in [3.05, 3.63) is 0 Å². The molecule has 108 valence electrons. The second-order valence-corrected chi connectivity index (χ2v) is 6.98. The molecule has 6 atom stereocenters. The largest absolute Gasteiger partial charge is 0.342 e. The van der Waals surface area contributed by atoms with E-state index in [0.29, 0.717) is 23.7 Å². The maximum Gasteiger partial charge on any atom is 0.227 e. The van der Waals surface area contributed by atoms with Crippen molar-refractivity contribution in [1.29, 1.82) is 0 Å². The number of rotatable bonds is 2. The standard InChI is InChI=1S/C15H27N3O/c1-9(16)12-3-2-6-18(8-12)15(19)13-10-4-5-11(7-10)14(13)17/h9-14H,2-8,16-17H2,1H3. The van der Waals surface area contributed by atoms with Gasteiger partial charge in [0, 0.05) is 25.2 Å². The zero-order valence-corrected chi connectivity index (χ0v) is 11.9. The van der Waals surface area contributed by atoms with E-state index in [0.717, 1.165) is 25.9 Å². The summed E-state index contributed by atoms with van der Waals surface area (Å²) in [6.07, 6.45) is 5.87. The SMILES string of the molecule is CC(N)C1CCCN(C(=O)C2C3CCC(C3)C2N)C1. The minimum absolute atomic E-state index is 0.102. The Hall–Kier alpha value is -0.610. The zero-order chi connectivity index (χ0) is 13.6. The van der Waals surface area contributed by atoms with Gasteiger partial charge in [0.1, 0.15) is 0 Å². The highest BCUT2D eigenvalue weighted by molar-refractivity contribution is 5.80. The summed E-state index contributed by atoms with van der Waals surface area (Å²) in [6.45, 7) is 3.81. The molecule has 2 saturated carbocycles. The molecule has 1 saturated heterocycles. The predicted octanol–water partition coefficient (Wildman–Crippen LogP) is 0.946. The van der Waals surface area contributed by atoms with Gasteiger partial charge in [0.2, 0.25) is 5.91 Å². The molecular weight excluding hydrogens is 238 g/mol.